The normalized spacial score (nSPS) is 9.41. The SMILES string of the molecule is CC.CC(=N)c1cc(C(=O)NCc2ccccc2)ccc1N. The first-order valence-corrected chi connectivity index (χ1v) is 7.35. The lowest BCUT2D eigenvalue weighted by Crippen LogP contribution is -2.23. The lowest BCUT2D eigenvalue weighted by atomic mass is 10.0. The fourth-order valence-electron chi connectivity index (χ4n) is 1.90. The Balaban J connectivity index is 0.00000116. The van der Waals surface area contributed by atoms with Gasteiger partial charge in [-0.05, 0) is 30.7 Å². The Labute approximate surface area is 131 Å². The molecule has 0 saturated carbocycles. The van der Waals surface area contributed by atoms with Crippen molar-refractivity contribution in [1.29, 1.82) is 5.41 Å². The first-order chi connectivity index (χ1) is 10.6. The van der Waals surface area contributed by atoms with Crippen LogP contribution in [0.4, 0.5) is 5.69 Å². The van der Waals surface area contributed by atoms with Crippen molar-refractivity contribution in [3.63, 3.8) is 0 Å². The van der Waals surface area contributed by atoms with Crippen molar-refractivity contribution >= 4 is 17.3 Å². The fraction of sp³-hybridized carbons (Fsp3) is 0.222. The maximum absolute atomic E-state index is 12.1. The van der Waals surface area contributed by atoms with Gasteiger partial charge < -0.3 is 16.5 Å². The van der Waals surface area contributed by atoms with E-state index in [0.29, 0.717) is 29.1 Å². The maximum atomic E-state index is 12.1. The van der Waals surface area contributed by atoms with Crippen LogP contribution in [0.5, 0.6) is 0 Å². The summed E-state index contributed by atoms with van der Waals surface area (Å²) in [6, 6.07) is 14.7. The van der Waals surface area contributed by atoms with Gasteiger partial charge in [-0.1, -0.05) is 44.2 Å². The molecule has 116 valence electrons. The van der Waals surface area contributed by atoms with Crippen molar-refractivity contribution in [1.82, 2.24) is 5.32 Å². The number of nitrogens with two attached hydrogens (primary N) is 1. The predicted octanol–water partition coefficient (Wildman–Crippen LogP) is 3.61. The summed E-state index contributed by atoms with van der Waals surface area (Å²) >= 11 is 0. The van der Waals surface area contributed by atoms with Gasteiger partial charge in [0.1, 0.15) is 0 Å². The molecule has 0 heterocycles. The lowest BCUT2D eigenvalue weighted by molar-refractivity contribution is 0.0951. The zero-order valence-corrected chi connectivity index (χ0v) is 13.3. The number of hydrogen-bond donors (Lipinski definition) is 3. The van der Waals surface area contributed by atoms with Gasteiger partial charge in [0.25, 0.3) is 5.91 Å². The Morgan fingerprint density at radius 2 is 1.77 bits per heavy atom. The fourth-order valence-corrected chi connectivity index (χ4v) is 1.90. The molecule has 0 aliphatic rings. The molecule has 4 nitrogen and oxygen atoms in total. The number of hydrogen-bond acceptors (Lipinski definition) is 3. The third-order valence-corrected chi connectivity index (χ3v) is 3.02. The van der Waals surface area contributed by atoms with Gasteiger partial charge in [0.2, 0.25) is 0 Å². The molecule has 0 unspecified atom stereocenters. The van der Waals surface area contributed by atoms with Gasteiger partial charge in [0, 0.05) is 29.1 Å². The van der Waals surface area contributed by atoms with Crippen molar-refractivity contribution in [3.8, 4) is 0 Å². The minimum atomic E-state index is -0.170. The van der Waals surface area contributed by atoms with Crippen molar-refractivity contribution < 1.29 is 4.79 Å². The van der Waals surface area contributed by atoms with E-state index in [-0.39, 0.29) is 5.91 Å². The van der Waals surface area contributed by atoms with E-state index in [1.165, 1.54) is 0 Å². The molecule has 1 amide bonds. The number of amides is 1. The third-order valence-electron chi connectivity index (χ3n) is 3.02. The lowest BCUT2D eigenvalue weighted by Gasteiger charge is -2.08. The molecule has 0 aliphatic carbocycles. The van der Waals surface area contributed by atoms with Crippen LogP contribution in [0.25, 0.3) is 0 Å². The molecule has 0 aromatic heterocycles. The molecule has 0 spiro atoms. The van der Waals surface area contributed by atoms with E-state index >= 15 is 0 Å². The van der Waals surface area contributed by atoms with Crippen molar-refractivity contribution in [2.75, 3.05) is 5.73 Å². The highest BCUT2D eigenvalue weighted by Crippen LogP contribution is 2.15. The first kappa shape index (κ1) is 17.4. The molecule has 0 fully saturated rings. The number of carbonyl (C=O) groups is 1. The van der Waals surface area contributed by atoms with E-state index in [1.54, 1.807) is 25.1 Å². The van der Waals surface area contributed by atoms with Crippen LogP contribution in [0, 0.1) is 5.41 Å². The zero-order chi connectivity index (χ0) is 16.5. The molecule has 2 aromatic rings. The summed E-state index contributed by atoms with van der Waals surface area (Å²) in [6.07, 6.45) is 0. The Morgan fingerprint density at radius 3 is 2.36 bits per heavy atom. The van der Waals surface area contributed by atoms with Gasteiger partial charge in [-0.25, -0.2) is 0 Å². The molecule has 0 saturated heterocycles. The van der Waals surface area contributed by atoms with Crippen LogP contribution in [-0.4, -0.2) is 11.6 Å². The van der Waals surface area contributed by atoms with Gasteiger partial charge in [-0.3, -0.25) is 4.79 Å². The van der Waals surface area contributed by atoms with Crippen LogP contribution in [0.15, 0.2) is 48.5 Å². The second-order valence-corrected chi connectivity index (χ2v) is 4.60. The Kier molecular flexibility index (Phi) is 6.83. The summed E-state index contributed by atoms with van der Waals surface area (Å²) in [5.74, 6) is -0.170. The first-order valence-electron chi connectivity index (χ1n) is 7.35. The van der Waals surface area contributed by atoms with E-state index in [1.807, 2.05) is 44.2 Å². The van der Waals surface area contributed by atoms with Crippen LogP contribution >= 0.6 is 0 Å². The van der Waals surface area contributed by atoms with Crippen LogP contribution in [-0.2, 0) is 6.54 Å². The second-order valence-electron chi connectivity index (χ2n) is 4.60. The predicted molar refractivity (Wildman–Crippen MR) is 92.3 cm³/mol. The Morgan fingerprint density at radius 1 is 1.14 bits per heavy atom. The number of nitrogen functional groups attached to an aromatic ring is 1. The molecule has 0 radical (unpaired) electrons. The molecule has 2 aromatic carbocycles. The summed E-state index contributed by atoms with van der Waals surface area (Å²) in [4.78, 5) is 12.1. The second kappa shape index (κ2) is 8.62. The number of anilines is 1. The van der Waals surface area contributed by atoms with E-state index in [2.05, 4.69) is 5.32 Å². The monoisotopic (exact) mass is 297 g/mol. The molecule has 4 heteroatoms. The van der Waals surface area contributed by atoms with E-state index < -0.39 is 0 Å². The van der Waals surface area contributed by atoms with E-state index in [0.717, 1.165) is 5.56 Å². The molecule has 0 bridgehead atoms. The third kappa shape index (κ3) is 4.74. The smallest absolute Gasteiger partial charge is 0.251 e. The number of rotatable bonds is 4. The Hall–Kier alpha value is -2.62. The highest BCUT2D eigenvalue weighted by molar-refractivity contribution is 6.04. The maximum Gasteiger partial charge on any atom is 0.251 e. The van der Waals surface area contributed by atoms with Gasteiger partial charge in [-0.2, -0.15) is 0 Å². The zero-order valence-electron chi connectivity index (χ0n) is 13.3. The van der Waals surface area contributed by atoms with Crippen LogP contribution in [0.2, 0.25) is 0 Å². The van der Waals surface area contributed by atoms with Gasteiger partial charge >= 0.3 is 0 Å². The molecule has 0 aliphatic heterocycles. The van der Waals surface area contributed by atoms with E-state index in [9.17, 15) is 4.79 Å². The molecule has 2 rings (SSSR count). The average molecular weight is 297 g/mol. The average Bonchev–Trinajstić information content (AvgIpc) is 2.55. The Bertz CT molecular complexity index is 636. The van der Waals surface area contributed by atoms with Gasteiger partial charge in [-0.15, -0.1) is 0 Å². The highest BCUT2D eigenvalue weighted by Gasteiger charge is 2.09. The summed E-state index contributed by atoms with van der Waals surface area (Å²) in [5, 5.41) is 10.5. The van der Waals surface area contributed by atoms with Crippen molar-refractivity contribution in [2.24, 2.45) is 0 Å². The molecular weight excluding hydrogens is 274 g/mol. The van der Waals surface area contributed by atoms with E-state index in [4.69, 9.17) is 11.1 Å². The number of nitrogens with one attached hydrogen (secondary N) is 2. The van der Waals surface area contributed by atoms with Crippen molar-refractivity contribution in [3.05, 3.63) is 65.2 Å². The number of benzene rings is 2. The molecule has 22 heavy (non-hydrogen) atoms. The van der Waals surface area contributed by atoms with Gasteiger partial charge in [0.05, 0.1) is 0 Å². The van der Waals surface area contributed by atoms with Crippen LogP contribution in [0.3, 0.4) is 0 Å². The molecular formula is C18H23N3O. The minimum absolute atomic E-state index is 0.170. The summed E-state index contributed by atoms with van der Waals surface area (Å²) in [6.45, 7) is 6.13. The summed E-state index contributed by atoms with van der Waals surface area (Å²) in [7, 11) is 0. The highest BCUT2D eigenvalue weighted by atomic mass is 16.1. The van der Waals surface area contributed by atoms with Crippen molar-refractivity contribution in [2.45, 2.75) is 27.3 Å². The topological polar surface area (TPSA) is 79.0 Å². The number of carbonyl (C=O) groups excluding carboxylic acids is 1. The van der Waals surface area contributed by atoms with Crippen LogP contribution in [0.1, 0.15) is 42.3 Å². The molecule has 4 N–H and O–H groups in total. The minimum Gasteiger partial charge on any atom is -0.398 e. The van der Waals surface area contributed by atoms with Crippen LogP contribution < -0.4 is 11.1 Å². The molecule has 0 atom stereocenters. The largest absolute Gasteiger partial charge is 0.398 e. The standard InChI is InChI=1S/C16H17N3O.C2H6/c1-11(17)14-9-13(7-8-15(14)18)16(20)19-10-12-5-3-2-4-6-12;1-2/h2-9,17H,10,18H2,1H3,(H,19,20);1-2H3. The summed E-state index contributed by atoms with van der Waals surface area (Å²) < 4.78 is 0. The summed E-state index contributed by atoms with van der Waals surface area (Å²) in [5.41, 5.74) is 8.79. The quantitative estimate of drug-likeness (QED) is 0.595. The van der Waals surface area contributed by atoms with Gasteiger partial charge in [0.15, 0.2) is 0 Å².